The van der Waals surface area contributed by atoms with Gasteiger partial charge in [-0.15, -0.1) is 0 Å². The summed E-state index contributed by atoms with van der Waals surface area (Å²) in [5.41, 5.74) is 6.95. The number of rotatable bonds is 4. The van der Waals surface area contributed by atoms with Gasteiger partial charge in [-0.25, -0.2) is 0 Å². The van der Waals surface area contributed by atoms with Gasteiger partial charge < -0.3 is 10.2 Å². The van der Waals surface area contributed by atoms with Gasteiger partial charge in [0.15, 0.2) is 0 Å². The molecule has 30 heavy (non-hydrogen) atoms. The van der Waals surface area contributed by atoms with Crippen LogP contribution in [0.25, 0.3) is 0 Å². The molecule has 1 amide bonds. The zero-order valence-electron chi connectivity index (χ0n) is 19.5. The molecule has 1 N–H and O–H groups in total. The predicted octanol–water partition coefficient (Wildman–Crippen LogP) is 5.91. The van der Waals surface area contributed by atoms with Crippen LogP contribution in [0.1, 0.15) is 96.2 Å². The van der Waals surface area contributed by atoms with E-state index in [-0.39, 0.29) is 11.9 Å². The van der Waals surface area contributed by atoms with Crippen LogP contribution in [0.3, 0.4) is 0 Å². The lowest BCUT2D eigenvalue weighted by Gasteiger charge is -2.47. The van der Waals surface area contributed by atoms with Crippen LogP contribution in [-0.2, 0) is 10.2 Å². The van der Waals surface area contributed by atoms with Gasteiger partial charge in [-0.1, -0.05) is 49.3 Å². The Morgan fingerprint density at radius 2 is 1.87 bits per heavy atom. The molecule has 0 aromatic heterocycles. The van der Waals surface area contributed by atoms with E-state index in [0.717, 1.165) is 6.42 Å². The second-order valence-electron chi connectivity index (χ2n) is 10.7. The maximum absolute atomic E-state index is 11.7. The van der Waals surface area contributed by atoms with Crippen LogP contribution < -0.4 is 5.32 Å². The molecule has 164 valence electrons. The monoisotopic (exact) mass is 408 g/mol. The number of hydrogen-bond acceptors (Lipinski definition) is 2. The second-order valence-corrected chi connectivity index (χ2v) is 10.7. The van der Waals surface area contributed by atoms with Crippen molar-refractivity contribution in [3.05, 3.63) is 46.5 Å². The van der Waals surface area contributed by atoms with E-state index >= 15 is 0 Å². The minimum absolute atomic E-state index is 0.0795. The van der Waals surface area contributed by atoms with E-state index in [1.807, 2.05) is 0 Å². The van der Waals surface area contributed by atoms with Crippen molar-refractivity contribution in [1.29, 1.82) is 0 Å². The quantitative estimate of drug-likeness (QED) is 0.628. The van der Waals surface area contributed by atoms with Crippen LogP contribution in [-0.4, -0.2) is 30.4 Å². The molecule has 1 atom stereocenters. The highest BCUT2D eigenvalue weighted by atomic mass is 16.1. The SMILES string of the molecule is CC(=O)N[C@H]1CCC2(CCN(CCC3=C(C)CCCC3(C)C)CC2)c2ccccc21. The molecule has 3 nitrogen and oxygen atoms in total. The van der Waals surface area contributed by atoms with Crippen LogP contribution in [0.5, 0.6) is 0 Å². The Balaban J connectivity index is 1.42. The first-order valence-corrected chi connectivity index (χ1v) is 12.1. The highest BCUT2D eigenvalue weighted by Gasteiger charge is 2.42. The zero-order chi connectivity index (χ0) is 21.4. The Morgan fingerprint density at radius 3 is 2.57 bits per heavy atom. The molecule has 1 aromatic rings. The van der Waals surface area contributed by atoms with Crippen molar-refractivity contribution < 1.29 is 4.79 Å². The first kappa shape index (κ1) is 21.6. The molecule has 2 aliphatic carbocycles. The summed E-state index contributed by atoms with van der Waals surface area (Å²) in [5, 5.41) is 3.18. The van der Waals surface area contributed by atoms with Crippen molar-refractivity contribution in [2.24, 2.45) is 5.41 Å². The van der Waals surface area contributed by atoms with Crippen molar-refractivity contribution >= 4 is 5.91 Å². The van der Waals surface area contributed by atoms with Gasteiger partial charge in [0.1, 0.15) is 0 Å². The van der Waals surface area contributed by atoms with E-state index in [1.54, 1.807) is 18.1 Å². The standard InChI is InChI=1S/C27H40N2O/c1-20-8-7-13-26(3,4)23(20)12-17-29-18-15-27(16-19-29)14-11-25(28-21(2)30)22-9-5-6-10-24(22)27/h5-6,9-10,25H,7-8,11-19H2,1-4H3,(H,28,30)/t25-/m0/s1. The van der Waals surface area contributed by atoms with E-state index in [4.69, 9.17) is 0 Å². The molecule has 1 aliphatic heterocycles. The summed E-state index contributed by atoms with van der Waals surface area (Å²) in [6.45, 7) is 12.5. The molecule has 4 rings (SSSR count). The van der Waals surface area contributed by atoms with Gasteiger partial charge in [0.25, 0.3) is 0 Å². The maximum Gasteiger partial charge on any atom is 0.217 e. The van der Waals surface area contributed by atoms with Crippen LogP contribution in [0, 0.1) is 5.41 Å². The third kappa shape index (κ3) is 4.23. The van der Waals surface area contributed by atoms with E-state index in [9.17, 15) is 4.79 Å². The van der Waals surface area contributed by atoms with Gasteiger partial charge in [-0.2, -0.15) is 0 Å². The lowest BCUT2D eigenvalue weighted by molar-refractivity contribution is -0.119. The van der Waals surface area contributed by atoms with E-state index < -0.39 is 0 Å². The second kappa shape index (κ2) is 8.49. The third-order valence-corrected chi connectivity index (χ3v) is 8.37. The summed E-state index contributed by atoms with van der Waals surface area (Å²) in [6.07, 6.45) is 10.00. The van der Waals surface area contributed by atoms with Crippen molar-refractivity contribution in [3.8, 4) is 0 Å². The minimum atomic E-state index is 0.0795. The molecule has 0 unspecified atom stereocenters. The molecule has 1 saturated heterocycles. The fraction of sp³-hybridized carbons (Fsp3) is 0.667. The molecule has 1 aromatic carbocycles. The Bertz CT molecular complexity index is 814. The summed E-state index contributed by atoms with van der Waals surface area (Å²) in [4.78, 5) is 14.4. The Labute approximate surface area is 183 Å². The van der Waals surface area contributed by atoms with Gasteiger partial charge in [0, 0.05) is 13.5 Å². The average molecular weight is 409 g/mol. The Hall–Kier alpha value is -1.61. The average Bonchev–Trinajstić information content (AvgIpc) is 2.71. The molecule has 3 aliphatic rings. The molecule has 1 heterocycles. The molecular formula is C27H40N2O. The molecule has 1 fully saturated rings. The minimum Gasteiger partial charge on any atom is -0.350 e. The van der Waals surface area contributed by atoms with Crippen LogP contribution in [0.4, 0.5) is 0 Å². The lowest BCUT2D eigenvalue weighted by Crippen LogP contribution is -2.46. The number of carbonyl (C=O) groups excluding carboxylic acids is 1. The van der Waals surface area contributed by atoms with Gasteiger partial charge >= 0.3 is 0 Å². The summed E-state index contributed by atoms with van der Waals surface area (Å²) >= 11 is 0. The number of fused-ring (bicyclic) bond motifs is 2. The number of amides is 1. The zero-order valence-corrected chi connectivity index (χ0v) is 19.5. The molecule has 0 bridgehead atoms. The smallest absolute Gasteiger partial charge is 0.217 e. The fourth-order valence-corrected chi connectivity index (χ4v) is 6.61. The van der Waals surface area contributed by atoms with Crippen LogP contribution in [0.2, 0.25) is 0 Å². The molecule has 0 radical (unpaired) electrons. The van der Waals surface area contributed by atoms with E-state index in [2.05, 4.69) is 55.3 Å². The highest BCUT2D eigenvalue weighted by Crippen LogP contribution is 2.48. The topological polar surface area (TPSA) is 32.3 Å². The number of likely N-dealkylation sites (tertiary alicyclic amines) is 1. The van der Waals surface area contributed by atoms with Crippen molar-refractivity contribution in [3.63, 3.8) is 0 Å². The van der Waals surface area contributed by atoms with Gasteiger partial charge in [0.05, 0.1) is 6.04 Å². The number of carbonyl (C=O) groups is 1. The number of piperidine rings is 1. The molecule has 0 saturated carbocycles. The number of allylic oxidation sites excluding steroid dienone is 1. The summed E-state index contributed by atoms with van der Waals surface area (Å²) < 4.78 is 0. The molecule has 1 spiro atoms. The number of nitrogens with one attached hydrogen (secondary N) is 1. The Morgan fingerprint density at radius 1 is 1.13 bits per heavy atom. The first-order valence-electron chi connectivity index (χ1n) is 12.1. The van der Waals surface area contributed by atoms with Crippen LogP contribution >= 0.6 is 0 Å². The summed E-state index contributed by atoms with van der Waals surface area (Å²) in [7, 11) is 0. The highest BCUT2D eigenvalue weighted by molar-refractivity contribution is 5.73. The summed E-state index contributed by atoms with van der Waals surface area (Å²) in [5.74, 6) is 0.0795. The van der Waals surface area contributed by atoms with Gasteiger partial charge in [-0.3, -0.25) is 4.79 Å². The third-order valence-electron chi connectivity index (χ3n) is 8.37. The molecule has 3 heteroatoms. The van der Waals surface area contributed by atoms with E-state index in [1.165, 1.54) is 75.7 Å². The lowest BCUT2D eigenvalue weighted by atomic mass is 9.63. The van der Waals surface area contributed by atoms with Gasteiger partial charge in [-0.05, 0) is 93.3 Å². The number of nitrogens with zero attached hydrogens (tertiary/aromatic N) is 1. The largest absolute Gasteiger partial charge is 0.350 e. The normalized spacial score (nSPS) is 25.8. The van der Waals surface area contributed by atoms with Crippen molar-refractivity contribution in [2.45, 2.75) is 90.5 Å². The van der Waals surface area contributed by atoms with Crippen molar-refractivity contribution in [1.82, 2.24) is 10.2 Å². The Kier molecular flexibility index (Phi) is 6.12. The van der Waals surface area contributed by atoms with Gasteiger partial charge in [0.2, 0.25) is 5.91 Å². The summed E-state index contributed by atoms with van der Waals surface area (Å²) in [6, 6.07) is 9.07. The fourth-order valence-electron chi connectivity index (χ4n) is 6.61. The van der Waals surface area contributed by atoms with Crippen LogP contribution in [0.15, 0.2) is 35.4 Å². The maximum atomic E-state index is 11.7. The first-order chi connectivity index (χ1) is 14.3. The van der Waals surface area contributed by atoms with E-state index in [0.29, 0.717) is 10.8 Å². The molecular weight excluding hydrogens is 368 g/mol. The van der Waals surface area contributed by atoms with Crippen molar-refractivity contribution in [2.75, 3.05) is 19.6 Å². The predicted molar refractivity (Wildman–Crippen MR) is 125 cm³/mol. The number of hydrogen-bond donors (Lipinski definition) is 1. The number of benzene rings is 1.